The predicted octanol–water partition coefficient (Wildman–Crippen LogP) is 1.98. The van der Waals surface area contributed by atoms with Crippen LogP contribution in [0.15, 0.2) is 0 Å². The van der Waals surface area contributed by atoms with Crippen molar-refractivity contribution in [3.8, 4) is 0 Å². The summed E-state index contributed by atoms with van der Waals surface area (Å²) in [4.78, 5) is 15.6. The van der Waals surface area contributed by atoms with Crippen LogP contribution in [-0.2, 0) is 9.63 Å². The van der Waals surface area contributed by atoms with Crippen molar-refractivity contribution in [2.45, 2.75) is 26.4 Å². The highest BCUT2D eigenvalue weighted by Crippen LogP contribution is 2.40. The van der Waals surface area contributed by atoms with Crippen molar-refractivity contribution in [3.63, 3.8) is 0 Å². The molecule has 6 heteroatoms. The van der Waals surface area contributed by atoms with Gasteiger partial charge in [-0.15, -0.1) is 0 Å². The van der Waals surface area contributed by atoms with Crippen LogP contribution >= 0.6 is 0 Å². The molecule has 0 aliphatic carbocycles. The predicted molar refractivity (Wildman–Crippen MR) is 44.2 cm³/mol. The number of carbonyl (C=O) groups excluding carboxylic acids is 1. The van der Waals surface area contributed by atoms with Gasteiger partial charge >= 0.3 is 6.18 Å². The molecular formula is C8H14F3NO2. The molecule has 84 valence electrons. The molecule has 0 heterocycles. The zero-order valence-electron chi connectivity index (χ0n) is 8.60. The van der Waals surface area contributed by atoms with Gasteiger partial charge in [0.1, 0.15) is 0 Å². The van der Waals surface area contributed by atoms with Crippen LogP contribution in [0.4, 0.5) is 13.2 Å². The van der Waals surface area contributed by atoms with E-state index in [0.29, 0.717) is 0 Å². The molecule has 0 radical (unpaired) electrons. The molecule has 14 heavy (non-hydrogen) atoms. The second-order valence-electron chi connectivity index (χ2n) is 3.63. The molecule has 0 saturated carbocycles. The standard InChI is InChI=1S/C8H14F3NO2/c1-7(2,8(9,10)11)5-6(13)12(3)14-4/h5H2,1-4H3. The second-order valence-corrected chi connectivity index (χ2v) is 3.63. The van der Waals surface area contributed by atoms with Gasteiger partial charge in [0.2, 0.25) is 5.91 Å². The average Bonchev–Trinajstić information content (AvgIpc) is 2.00. The number of rotatable bonds is 3. The first kappa shape index (κ1) is 13.2. The molecule has 0 aromatic carbocycles. The third-order valence-corrected chi connectivity index (χ3v) is 1.99. The van der Waals surface area contributed by atoms with Crippen LogP contribution in [0, 0.1) is 5.41 Å². The van der Waals surface area contributed by atoms with Crippen LogP contribution in [0.1, 0.15) is 20.3 Å². The van der Waals surface area contributed by atoms with Crippen molar-refractivity contribution in [2.75, 3.05) is 14.2 Å². The fourth-order valence-corrected chi connectivity index (χ4v) is 0.691. The summed E-state index contributed by atoms with van der Waals surface area (Å²) in [5.74, 6) is -0.699. The zero-order valence-corrected chi connectivity index (χ0v) is 8.60. The number of halogens is 3. The average molecular weight is 213 g/mol. The molecule has 0 bridgehead atoms. The Morgan fingerprint density at radius 2 is 1.79 bits per heavy atom. The lowest BCUT2D eigenvalue weighted by atomic mass is 9.88. The Labute approximate surface area is 80.8 Å². The minimum Gasteiger partial charge on any atom is -0.275 e. The number of hydroxylamine groups is 2. The van der Waals surface area contributed by atoms with Gasteiger partial charge in [-0.1, -0.05) is 13.8 Å². The number of alkyl halides is 3. The Kier molecular flexibility index (Phi) is 3.93. The van der Waals surface area contributed by atoms with E-state index in [1.807, 2.05) is 0 Å². The summed E-state index contributed by atoms with van der Waals surface area (Å²) < 4.78 is 37.0. The van der Waals surface area contributed by atoms with Gasteiger partial charge in [0.05, 0.1) is 12.5 Å². The smallest absolute Gasteiger partial charge is 0.275 e. The van der Waals surface area contributed by atoms with E-state index in [0.717, 1.165) is 18.9 Å². The summed E-state index contributed by atoms with van der Waals surface area (Å²) in [7, 11) is 2.49. The van der Waals surface area contributed by atoms with Gasteiger partial charge in [-0.25, -0.2) is 5.06 Å². The normalized spacial score (nSPS) is 12.8. The maximum atomic E-state index is 12.3. The van der Waals surface area contributed by atoms with Gasteiger partial charge in [0, 0.05) is 13.5 Å². The molecule has 0 rings (SSSR count). The lowest BCUT2D eigenvalue weighted by Gasteiger charge is -2.28. The van der Waals surface area contributed by atoms with E-state index in [4.69, 9.17) is 0 Å². The molecule has 0 aromatic heterocycles. The van der Waals surface area contributed by atoms with Gasteiger partial charge in [0.25, 0.3) is 0 Å². The molecule has 0 spiro atoms. The number of nitrogens with zero attached hydrogens (tertiary/aromatic N) is 1. The van der Waals surface area contributed by atoms with Crippen molar-refractivity contribution < 1.29 is 22.8 Å². The monoisotopic (exact) mass is 213 g/mol. The van der Waals surface area contributed by atoms with Crippen LogP contribution < -0.4 is 0 Å². The molecule has 0 aliphatic rings. The van der Waals surface area contributed by atoms with E-state index < -0.39 is 23.9 Å². The highest BCUT2D eigenvalue weighted by Gasteiger charge is 2.48. The van der Waals surface area contributed by atoms with Gasteiger partial charge in [-0.2, -0.15) is 13.2 Å². The minimum absolute atomic E-state index is 0.624. The molecule has 1 amide bonds. The largest absolute Gasteiger partial charge is 0.394 e. The van der Waals surface area contributed by atoms with Crippen LogP contribution in [0.2, 0.25) is 0 Å². The van der Waals surface area contributed by atoms with Crippen molar-refractivity contribution in [1.29, 1.82) is 0 Å². The van der Waals surface area contributed by atoms with Crippen LogP contribution in [0.3, 0.4) is 0 Å². The Morgan fingerprint density at radius 1 is 1.36 bits per heavy atom. The third kappa shape index (κ3) is 3.17. The van der Waals surface area contributed by atoms with E-state index >= 15 is 0 Å². The molecule has 0 fully saturated rings. The summed E-state index contributed by atoms with van der Waals surface area (Å²) in [6.45, 7) is 1.96. The van der Waals surface area contributed by atoms with E-state index in [2.05, 4.69) is 4.84 Å². The highest BCUT2D eigenvalue weighted by atomic mass is 19.4. The first-order valence-corrected chi connectivity index (χ1v) is 3.99. The maximum Gasteiger partial charge on any atom is 0.394 e. The van der Waals surface area contributed by atoms with Crippen LogP contribution in [0.25, 0.3) is 0 Å². The fraction of sp³-hybridized carbons (Fsp3) is 0.875. The third-order valence-electron chi connectivity index (χ3n) is 1.99. The van der Waals surface area contributed by atoms with Crippen molar-refractivity contribution in [1.82, 2.24) is 5.06 Å². The summed E-state index contributed by atoms with van der Waals surface area (Å²) in [5, 5.41) is 0.785. The van der Waals surface area contributed by atoms with Crippen LogP contribution in [0.5, 0.6) is 0 Å². The molecule has 0 aliphatic heterocycles. The van der Waals surface area contributed by atoms with Crippen molar-refractivity contribution in [3.05, 3.63) is 0 Å². The van der Waals surface area contributed by atoms with Crippen molar-refractivity contribution >= 4 is 5.91 Å². The Hall–Kier alpha value is -0.780. The van der Waals surface area contributed by atoms with E-state index in [1.54, 1.807) is 0 Å². The number of amides is 1. The number of hydrogen-bond donors (Lipinski definition) is 0. The molecule has 3 nitrogen and oxygen atoms in total. The SMILES string of the molecule is CON(C)C(=O)CC(C)(C)C(F)(F)F. The van der Waals surface area contributed by atoms with E-state index in [-0.39, 0.29) is 0 Å². The number of carbonyl (C=O) groups is 1. The molecule has 0 atom stereocenters. The van der Waals surface area contributed by atoms with E-state index in [1.165, 1.54) is 14.2 Å². The Balaban J connectivity index is 4.45. The Morgan fingerprint density at radius 3 is 2.07 bits per heavy atom. The lowest BCUT2D eigenvalue weighted by molar-refractivity contribution is -0.220. The maximum absolute atomic E-state index is 12.3. The summed E-state index contributed by atoms with van der Waals surface area (Å²) in [5.41, 5.74) is -2.03. The lowest BCUT2D eigenvalue weighted by Crippen LogP contribution is -2.38. The molecule has 0 unspecified atom stereocenters. The highest BCUT2D eigenvalue weighted by molar-refractivity contribution is 5.75. The summed E-state index contributed by atoms with van der Waals surface area (Å²) >= 11 is 0. The first-order chi connectivity index (χ1) is 6.12. The molecular weight excluding hydrogens is 199 g/mol. The summed E-state index contributed by atoms with van der Waals surface area (Å²) in [6.07, 6.45) is -5.02. The summed E-state index contributed by atoms with van der Waals surface area (Å²) in [6, 6.07) is 0. The first-order valence-electron chi connectivity index (χ1n) is 3.99. The fourth-order valence-electron chi connectivity index (χ4n) is 0.691. The molecule has 0 N–H and O–H groups in total. The van der Waals surface area contributed by atoms with Crippen molar-refractivity contribution in [2.24, 2.45) is 5.41 Å². The minimum atomic E-state index is -4.39. The Bertz CT molecular complexity index is 213. The number of hydrogen-bond acceptors (Lipinski definition) is 2. The van der Waals surface area contributed by atoms with Gasteiger partial charge < -0.3 is 0 Å². The zero-order chi connectivity index (χ0) is 11.6. The van der Waals surface area contributed by atoms with Gasteiger partial charge in [-0.3, -0.25) is 9.63 Å². The van der Waals surface area contributed by atoms with Gasteiger partial charge in [-0.05, 0) is 0 Å². The quantitative estimate of drug-likeness (QED) is 0.671. The van der Waals surface area contributed by atoms with Gasteiger partial charge in [0.15, 0.2) is 0 Å². The molecule has 0 saturated heterocycles. The van der Waals surface area contributed by atoms with Crippen LogP contribution in [-0.4, -0.2) is 31.3 Å². The second kappa shape index (κ2) is 4.16. The topological polar surface area (TPSA) is 29.5 Å². The van der Waals surface area contributed by atoms with E-state index in [9.17, 15) is 18.0 Å². The molecule has 0 aromatic rings.